The lowest BCUT2D eigenvalue weighted by atomic mass is 10.0. The van der Waals surface area contributed by atoms with Crippen LogP contribution in [0.5, 0.6) is 0 Å². The van der Waals surface area contributed by atoms with Crippen molar-refractivity contribution in [3.63, 3.8) is 0 Å². The van der Waals surface area contributed by atoms with Crippen LogP contribution in [-0.4, -0.2) is 32.6 Å². The Morgan fingerprint density at radius 2 is 1.88 bits per heavy atom. The van der Waals surface area contributed by atoms with E-state index in [1.807, 2.05) is 0 Å². The van der Waals surface area contributed by atoms with Gasteiger partial charge in [-0.3, -0.25) is 5.43 Å². The van der Waals surface area contributed by atoms with Crippen molar-refractivity contribution >= 4 is 5.71 Å². The maximum Gasteiger partial charge on any atom is 0.416 e. The van der Waals surface area contributed by atoms with Gasteiger partial charge in [-0.1, -0.05) is 17.3 Å². The number of hydrogen-bond acceptors (Lipinski definition) is 5. The number of hydrogen-bond donors (Lipinski definition) is 1. The number of nitrogens with one attached hydrogen (secondary N) is 1. The van der Waals surface area contributed by atoms with Gasteiger partial charge >= 0.3 is 6.18 Å². The van der Waals surface area contributed by atoms with Gasteiger partial charge in [-0.2, -0.15) is 13.2 Å². The first kappa shape index (κ1) is 19.9. The molecule has 0 aliphatic heterocycles. The highest BCUT2D eigenvalue weighted by Gasteiger charge is 2.30. The average molecular weight is 347 g/mol. The van der Waals surface area contributed by atoms with Gasteiger partial charge in [-0.15, -0.1) is 4.91 Å². The average Bonchev–Trinajstić information content (AvgIpc) is 2.56. The van der Waals surface area contributed by atoms with Gasteiger partial charge in [0, 0.05) is 19.0 Å². The number of methoxy groups -OCH3 is 1. The molecule has 0 amide bonds. The quantitative estimate of drug-likeness (QED) is 0.288. The van der Waals surface area contributed by atoms with Gasteiger partial charge in [0.15, 0.2) is 0 Å². The van der Waals surface area contributed by atoms with E-state index in [4.69, 9.17) is 9.57 Å². The summed E-state index contributed by atoms with van der Waals surface area (Å²) < 4.78 is 42.8. The highest BCUT2D eigenvalue weighted by molar-refractivity contribution is 6.00. The maximum atomic E-state index is 12.6. The first-order valence-corrected chi connectivity index (χ1v) is 7.39. The zero-order valence-electron chi connectivity index (χ0n) is 13.3. The molecule has 1 rings (SSSR count). The van der Waals surface area contributed by atoms with Gasteiger partial charge in [0.05, 0.1) is 17.8 Å². The molecule has 0 unspecified atom stereocenters. The van der Waals surface area contributed by atoms with Gasteiger partial charge in [0.1, 0.15) is 6.61 Å². The van der Waals surface area contributed by atoms with Gasteiger partial charge in [-0.25, -0.2) is 0 Å². The standard InChI is InChI=1S/C15H20F3N3O3/c1-23-10-3-2-4-14(20-24-11-9-19-21-22)12-5-7-13(8-6-12)15(16,17)18/h5-8H,2-4,9-11H2,1H3,(H,19,22)/b20-14+. The molecule has 1 aromatic carbocycles. The molecular weight excluding hydrogens is 327 g/mol. The van der Waals surface area contributed by atoms with E-state index in [0.717, 1.165) is 25.0 Å². The summed E-state index contributed by atoms with van der Waals surface area (Å²) in [7, 11) is 1.60. The van der Waals surface area contributed by atoms with Crippen molar-refractivity contribution in [1.82, 2.24) is 5.43 Å². The second-order valence-corrected chi connectivity index (χ2v) is 4.90. The molecule has 6 nitrogen and oxygen atoms in total. The van der Waals surface area contributed by atoms with Crippen molar-refractivity contribution in [2.75, 3.05) is 26.9 Å². The molecule has 24 heavy (non-hydrogen) atoms. The lowest BCUT2D eigenvalue weighted by Gasteiger charge is -2.10. The fraction of sp³-hybridized carbons (Fsp3) is 0.533. The Hall–Kier alpha value is -2.16. The summed E-state index contributed by atoms with van der Waals surface area (Å²) in [4.78, 5) is 15.0. The summed E-state index contributed by atoms with van der Waals surface area (Å²) in [5.74, 6) is 0. The van der Waals surface area contributed by atoms with Crippen LogP contribution in [0.2, 0.25) is 0 Å². The fourth-order valence-corrected chi connectivity index (χ4v) is 1.89. The van der Waals surface area contributed by atoms with E-state index in [1.165, 1.54) is 12.1 Å². The van der Waals surface area contributed by atoms with Crippen LogP contribution in [0.1, 0.15) is 30.4 Å². The van der Waals surface area contributed by atoms with E-state index in [-0.39, 0.29) is 13.2 Å². The SMILES string of the molecule is COCCCC/C(=N\OCCNN=O)c1ccc(C(F)(F)F)cc1. The van der Waals surface area contributed by atoms with Gasteiger partial charge in [0.2, 0.25) is 0 Å². The van der Waals surface area contributed by atoms with Crippen molar-refractivity contribution in [3.8, 4) is 0 Å². The van der Waals surface area contributed by atoms with E-state index in [2.05, 4.69) is 15.9 Å². The Morgan fingerprint density at radius 1 is 1.17 bits per heavy atom. The highest BCUT2D eigenvalue weighted by atomic mass is 19.4. The third-order valence-corrected chi connectivity index (χ3v) is 3.10. The molecule has 0 aliphatic rings. The van der Waals surface area contributed by atoms with Crippen LogP contribution in [-0.2, 0) is 15.8 Å². The van der Waals surface area contributed by atoms with Crippen molar-refractivity contribution in [2.45, 2.75) is 25.4 Å². The smallest absolute Gasteiger partial charge is 0.394 e. The first-order valence-electron chi connectivity index (χ1n) is 7.39. The molecule has 0 heterocycles. The van der Waals surface area contributed by atoms with Crippen molar-refractivity contribution in [2.24, 2.45) is 10.4 Å². The normalized spacial score (nSPS) is 12.1. The van der Waals surface area contributed by atoms with Gasteiger partial charge < -0.3 is 9.57 Å². The molecule has 0 aromatic heterocycles. The summed E-state index contributed by atoms with van der Waals surface area (Å²) in [6.07, 6.45) is -2.29. The molecule has 0 fully saturated rings. The second-order valence-electron chi connectivity index (χ2n) is 4.90. The molecule has 134 valence electrons. The minimum absolute atomic E-state index is 0.119. The number of unbranched alkanes of at least 4 members (excludes halogenated alkanes) is 1. The van der Waals surface area contributed by atoms with E-state index in [0.29, 0.717) is 24.3 Å². The summed E-state index contributed by atoms with van der Waals surface area (Å²) >= 11 is 0. The number of nitrogens with zero attached hydrogens (tertiary/aromatic N) is 2. The van der Waals surface area contributed by atoms with E-state index < -0.39 is 11.7 Å². The first-order chi connectivity index (χ1) is 11.5. The van der Waals surface area contributed by atoms with Crippen LogP contribution >= 0.6 is 0 Å². The molecule has 1 N–H and O–H groups in total. The summed E-state index contributed by atoms with van der Waals surface area (Å²) in [5, 5.41) is 6.43. The van der Waals surface area contributed by atoms with Crippen LogP contribution < -0.4 is 5.43 Å². The maximum absolute atomic E-state index is 12.6. The van der Waals surface area contributed by atoms with Crippen molar-refractivity contribution in [1.29, 1.82) is 0 Å². The molecule has 0 aliphatic carbocycles. The molecule has 1 aromatic rings. The van der Waals surface area contributed by atoms with Gasteiger partial charge in [0.25, 0.3) is 0 Å². The summed E-state index contributed by atoms with van der Waals surface area (Å²) in [5.41, 5.74) is 2.56. The minimum Gasteiger partial charge on any atom is -0.394 e. The predicted molar refractivity (Wildman–Crippen MR) is 83.5 cm³/mol. The number of halogens is 3. The second kappa shape index (κ2) is 10.6. The number of benzene rings is 1. The van der Waals surface area contributed by atoms with E-state index in [9.17, 15) is 18.1 Å². The molecule has 0 saturated heterocycles. The van der Waals surface area contributed by atoms with Crippen LogP contribution in [0.4, 0.5) is 13.2 Å². The zero-order valence-corrected chi connectivity index (χ0v) is 13.3. The highest BCUT2D eigenvalue weighted by Crippen LogP contribution is 2.29. The number of rotatable bonds is 11. The van der Waals surface area contributed by atoms with Crippen LogP contribution in [0.25, 0.3) is 0 Å². The Morgan fingerprint density at radius 3 is 2.46 bits per heavy atom. The summed E-state index contributed by atoms with van der Waals surface area (Å²) in [6, 6.07) is 4.76. The molecule has 0 spiro atoms. The number of alkyl halides is 3. The Balaban J connectivity index is 2.74. The summed E-state index contributed by atoms with van der Waals surface area (Å²) in [6.45, 7) is 0.904. The number of nitroso groups, excluding NO2 is 1. The van der Waals surface area contributed by atoms with Crippen molar-refractivity contribution in [3.05, 3.63) is 40.3 Å². The van der Waals surface area contributed by atoms with Crippen molar-refractivity contribution < 1.29 is 22.7 Å². The Kier molecular flexibility index (Phi) is 8.77. The van der Waals surface area contributed by atoms with Crippen LogP contribution in [0.15, 0.2) is 34.7 Å². The lowest BCUT2D eigenvalue weighted by molar-refractivity contribution is -0.137. The molecular formula is C15H20F3N3O3. The third-order valence-electron chi connectivity index (χ3n) is 3.10. The van der Waals surface area contributed by atoms with E-state index in [1.54, 1.807) is 7.11 Å². The van der Waals surface area contributed by atoms with E-state index >= 15 is 0 Å². The molecule has 0 bridgehead atoms. The molecule has 0 atom stereocenters. The predicted octanol–water partition coefficient (Wildman–Crippen LogP) is 3.51. The molecule has 0 saturated carbocycles. The number of oxime groups is 1. The minimum atomic E-state index is -4.38. The number of ether oxygens (including phenoxy) is 1. The molecule has 0 radical (unpaired) electrons. The Bertz CT molecular complexity index is 519. The lowest BCUT2D eigenvalue weighted by Crippen LogP contribution is -2.12. The Labute approximate surface area is 138 Å². The fourth-order valence-electron chi connectivity index (χ4n) is 1.89. The third kappa shape index (κ3) is 7.40. The topological polar surface area (TPSA) is 72.3 Å². The van der Waals surface area contributed by atoms with Crippen LogP contribution in [0.3, 0.4) is 0 Å². The van der Waals surface area contributed by atoms with Crippen LogP contribution in [0, 0.1) is 4.91 Å². The monoisotopic (exact) mass is 347 g/mol. The largest absolute Gasteiger partial charge is 0.416 e. The zero-order chi connectivity index (χ0) is 17.8. The molecule has 9 heteroatoms. The van der Waals surface area contributed by atoms with Gasteiger partial charge in [-0.05, 0) is 37.0 Å².